The summed E-state index contributed by atoms with van der Waals surface area (Å²) in [6.07, 6.45) is 16.7. The highest BCUT2D eigenvalue weighted by Crippen LogP contribution is 2.29. The van der Waals surface area contributed by atoms with E-state index in [-0.39, 0.29) is 47.5 Å². The topological polar surface area (TPSA) is 142 Å². The van der Waals surface area contributed by atoms with Gasteiger partial charge >= 0.3 is 23.9 Å². The zero-order valence-electron chi connectivity index (χ0n) is 41.4. The molecule has 0 aromatic rings. The minimum absolute atomic E-state index is 0.126. The molecule has 356 valence electrons. The minimum Gasteiger partial charge on any atom is -0.298 e. The van der Waals surface area contributed by atoms with Gasteiger partial charge in [0.25, 0.3) is 0 Å². The van der Waals surface area contributed by atoms with E-state index >= 15 is 0 Å². The summed E-state index contributed by atoms with van der Waals surface area (Å²) in [6, 6.07) is 0. The Labute approximate surface area is 366 Å². The lowest BCUT2D eigenvalue weighted by atomic mass is 9.94. The molecule has 0 aromatic heterocycles. The maximum Gasteiger partial charge on any atom is 0.345 e. The van der Waals surface area contributed by atoms with Crippen LogP contribution in [0, 0.1) is 23.7 Å². The second-order valence-corrected chi connectivity index (χ2v) is 19.0. The Hall–Kier alpha value is -2.28. The summed E-state index contributed by atoms with van der Waals surface area (Å²) in [7, 11) is 0. The van der Waals surface area contributed by atoms with Gasteiger partial charge in [-0.1, -0.05) is 107 Å². The molecule has 0 aromatic carbocycles. The van der Waals surface area contributed by atoms with E-state index in [4.69, 9.17) is 39.1 Å². The minimum atomic E-state index is -0.670. The highest BCUT2D eigenvalue weighted by atomic mass is 17.2. The zero-order valence-corrected chi connectivity index (χ0v) is 41.4. The molecule has 0 aliphatic heterocycles. The average Bonchev–Trinajstić information content (AvgIpc) is 3.21. The predicted octanol–water partition coefficient (Wildman–Crippen LogP) is 13.4. The van der Waals surface area contributed by atoms with Crippen molar-refractivity contribution in [2.45, 2.75) is 262 Å². The SMILES string of the molecule is CCCCC(CC)C(=O)OOC(C)(C)CCC(C)(C)OOC(=O)C(CC)CCCC.CCCCC(CC)C(=O)OOC(C)(C)CCC(C)(C)OOC(=O)C(CC)CCCC. The van der Waals surface area contributed by atoms with Crippen LogP contribution in [-0.2, 0) is 58.3 Å². The van der Waals surface area contributed by atoms with E-state index in [9.17, 15) is 19.2 Å². The first-order valence-electron chi connectivity index (χ1n) is 23.6. The second-order valence-electron chi connectivity index (χ2n) is 19.0. The maximum absolute atomic E-state index is 12.2. The fourth-order valence-electron chi connectivity index (χ4n) is 6.02. The van der Waals surface area contributed by atoms with E-state index in [0.29, 0.717) is 25.7 Å². The van der Waals surface area contributed by atoms with Crippen LogP contribution >= 0.6 is 0 Å². The average molecular weight is 861 g/mol. The lowest BCUT2D eigenvalue weighted by Crippen LogP contribution is -2.34. The lowest BCUT2D eigenvalue weighted by Gasteiger charge is -2.29. The number of hydrogen-bond donors (Lipinski definition) is 0. The van der Waals surface area contributed by atoms with Gasteiger partial charge < -0.3 is 0 Å². The lowest BCUT2D eigenvalue weighted by molar-refractivity contribution is -0.343. The molecule has 0 fully saturated rings. The van der Waals surface area contributed by atoms with Gasteiger partial charge in [0.05, 0.1) is 23.7 Å². The monoisotopic (exact) mass is 861 g/mol. The molecule has 0 saturated carbocycles. The molecule has 0 amide bonds. The largest absolute Gasteiger partial charge is 0.345 e. The van der Waals surface area contributed by atoms with E-state index in [0.717, 1.165) is 103 Å². The number of carbonyl (C=O) groups is 4. The normalized spacial score (nSPS) is 14.3. The van der Waals surface area contributed by atoms with Crippen LogP contribution in [0.15, 0.2) is 0 Å². The van der Waals surface area contributed by atoms with Gasteiger partial charge in [-0.05, 0) is 132 Å². The van der Waals surface area contributed by atoms with Crippen molar-refractivity contribution in [2.24, 2.45) is 23.7 Å². The van der Waals surface area contributed by atoms with Crippen LogP contribution in [0.2, 0.25) is 0 Å². The summed E-state index contributed by atoms with van der Waals surface area (Å²) in [6.45, 7) is 31.3. The molecule has 0 aliphatic rings. The van der Waals surface area contributed by atoms with Crippen LogP contribution in [0.5, 0.6) is 0 Å². The van der Waals surface area contributed by atoms with Crippen molar-refractivity contribution in [3.8, 4) is 0 Å². The highest BCUT2D eigenvalue weighted by molar-refractivity contribution is 5.72. The molecular weight excluding hydrogens is 769 g/mol. The number of hydrogen-bond acceptors (Lipinski definition) is 12. The third-order valence-corrected chi connectivity index (χ3v) is 11.0. The third kappa shape index (κ3) is 29.1. The van der Waals surface area contributed by atoms with Crippen molar-refractivity contribution in [1.82, 2.24) is 0 Å². The molecule has 0 spiro atoms. The van der Waals surface area contributed by atoms with Crippen molar-refractivity contribution < 1.29 is 58.3 Å². The Morgan fingerprint density at radius 1 is 0.333 bits per heavy atom. The molecule has 0 heterocycles. The molecule has 0 radical (unpaired) electrons. The maximum atomic E-state index is 12.2. The Kier molecular flexibility index (Phi) is 32.3. The Morgan fingerprint density at radius 2 is 0.500 bits per heavy atom. The first kappa shape index (κ1) is 59.8. The van der Waals surface area contributed by atoms with Gasteiger partial charge in [-0.15, -0.1) is 0 Å². The molecule has 12 nitrogen and oxygen atoms in total. The van der Waals surface area contributed by atoms with E-state index < -0.39 is 22.4 Å². The number of carbonyl (C=O) groups excluding carboxylic acids is 4. The molecule has 0 N–H and O–H groups in total. The molecule has 0 bridgehead atoms. The van der Waals surface area contributed by atoms with Crippen LogP contribution in [-0.4, -0.2) is 46.3 Å². The quantitative estimate of drug-likeness (QED) is 0.0449. The first-order chi connectivity index (χ1) is 28.0. The zero-order chi connectivity index (χ0) is 46.4. The third-order valence-electron chi connectivity index (χ3n) is 11.0. The van der Waals surface area contributed by atoms with Crippen LogP contribution in [0.1, 0.15) is 239 Å². The summed E-state index contributed by atoms with van der Waals surface area (Å²) >= 11 is 0. The summed E-state index contributed by atoms with van der Waals surface area (Å²) in [5.41, 5.74) is -2.68. The standard InChI is InChI=1S/2C24H46O6/c2*1-9-13-15-19(11-3)21(25)27-29-23(5,6)17-18-24(7,8)30-28-22(26)20(12-4)16-14-10-2/h2*19-20H,9-18H2,1-8H3. The summed E-state index contributed by atoms with van der Waals surface area (Å²) in [4.78, 5) is 91.4. The summed E-state index contributed by atoms with van der Waals surface area (Å²) in [5, 5.41) is 0. The van der Waals surface area contributed by atoms with Gasteiger partial charge in [-0.2, -0.15) is 19.6 Å². The fraction of sp³-hybridized carbons (Fsp3) is 0.917. The highest BCUT2D eigenvalue weighted by Gasteiger charge is 2.33. The van der Waals surface area contributed by atoms with Gasteiger partial charge in [-0.25, -0.2) is 19.2 Å². The number of rotatable bonds is 34. The Balaban J connectivity index is 0. The van der Waals surface area contributed by atoms with Gasteiger partial charge in [-0.3, -0.25) is 19.6 Å². The molecule has 4 unspecified atom stereocenters. The summed E-state index contributed by atoms with van der Waals surface area (Å²) < 4.78 is 0. The van der Waals surface area contributed by atoms with Crippen molar-refractivity contribution in [2.75, 3.05) is 0 Å². The molecule has 0 rings (SSSR count). The van der Waals surface area contributed by atoms with Crippen LogP contribution < -0.4 is 0 Å². The van der Waals surface area contributed by atoms with Gasteiger partial charge in [0, 0.05) is 0 Å². The Bertz CT molecular complexity index is 972. The fourth-order valence-corrected chi connectivity index (χ4v) is 6.02. The van der Waals surface area contributed by atoms with E-state index in [1.807, 2.05) is 83.1 Å². The van der Waals surface area contributed by atoms with E-state index in [1.54, 1.807) is 0 Å². The second kappa shape index (κ2) is 32.4. The molecule has 60 heavy (non-hydrogen) atoms. The predicted molar refractivity (Wildman–Crippen MR) is 237 cm³/mol. The van der Waals surface area contributed by atoms with Crippen molar-refractivity contribution in [3.63, 3.8) is 0 Å². The number of unbranched alkanes of at least 4 members (excludes halogenated alkanes) is 4. The van der Waals surface area contributed by atoms with Crippen molar-refractivity contribution in [1.29, 1.82) is 0 Å². The van der Waals surface area contributed by atoms with Gasteiger partial charge in [0.15, 0.2) is 0 Å². The molecule has 4 atom stereocenters. The first-order valence-corrected chi connectivity index (χ1v) is 23.6. The summed E-state index contributed by atoms with van der Waals surface area (Å²) in [5.74, 6) is -1.72. The van der Waals surface area contributed by atoms with Crippen LogP contribution in [0.4, 0.5) is 0 Å². The van der Waals surface area contributed by atoms with Crippen molar-refractivity contribution in [3.05, 3.63) is 0 Å². The molecule has 0 saturated heterocycles. The van der Waals surface area contributed by atoms with Gasteiger partial charge in [0.2, 0.25) is 0 Å². The molecular formula is C48H92O12. The van der Waals surface area contributed by atoms with Crippen LogP contribution in [0.3, 0.4) is 0 Å². The van der Waals surface area contributed by atoms with Crippen LogP contribution in [0.25, 0.3) is 0 Å². The molecule has 0 aliphatic carbocycles. The van der Waals surface area contributed by atoms with Crippen molar-refractivity contribution >= 4 is 23.9 Å². The molecule has 12 heteroatoms. The van der Waals surface area contributed by atoms with E-state index in [1.165, 1.54) is 0 Å². The smallest absolute Gasteiger partial charge is 0.298 e. The van der Waals surface area contributed by atoms with Gasteiger partial charge in [0.1, 0.15) is 22.4 Å². The Morgan fingerprint density at radius 3 is 0.633 bits per heavy atom. The van der Waals surface area contributed by atoms with E-state index in [2.05, 4.69) is 27.7 Å².